The van der Waals surface area contributed by atoms with Crippen LogP contribution in [0, 0.1) is 0 Å². The van der Waals surface area contributed by atoms with E-state index >= 15 is 0 Å². The lowest BCUT2D eigenvalue weighted by atomic mass is 10.1. The van der Waals surface area contributed by atoms with Crippen molar-refractivity contribution in [1.29, 1.82) is 0 Å². The van der Waals surface area contributed by atoms with Crippen molar-refractivity contribution >= 4 is 23.2 Å². The van der Waals surface area contributed by atoms with Gasteiger partial charge in [-0.1, -0.05) is 23.7 Å². The molecule has 3 aromatic rings. The molecule has 3 N–H and O–H groups in total. The summed E-state index contributed by atoms with van der Waals surface area (Å²) in [4.78, 5) is 27.4. The highest BCUT2D eigenvalue weighted by Gasteiger charge is 2.17. The molecule has 0 saturated heterocycles. The van der Waals surface area contributed by atoms with Crippen LogP contribution in [0.25, 0.3) is 16.9 Å². The van der Waals surface area contributed by atoms with Crippen LogP contribution in [0.5, 0.6) is 0 Å². The summed E-state index contributed by atoms with van der Waals surface area (Å²) in [6.07, 6.45) is 1.38. The number of rotatable bonds is 2. The number of primary amides is 1. The Labute approximate surface area is 117 Å². The number of carbonyl (C=O) groups excluding carboxylic acids is 1. The van der Waals surface area contributed by atoms with Crippen LogP contribution in [0.2, 0.25) is 5.02 Å². The summed E-state index contributed by atoms with van der Waals surface area (Å²) < 4.78 is 1.52. The third-order valence-electron chi connectivity index (χ3n) is 2.93. The largest absolute Gasteiger partial charge is 0.365 e. The number of aromatic amines is 1. The zero-order valence-corrected chi connectivity index (χ0v) is 10.9. The summed E-state index contributed by atoms with van der Waals surface area (Å²) in [5.41, 5.74) is 6.08. The molecule has 0 unspecified atom stereocenters. The van der Waals surface area contributed by atoms with Crippen molar-refractivity contribution in [1.82, 2.24) is 14.6 Å². The molecule has 2 aromatic heterocycles. The Kier molecular flexibility index (Phi) is 2.80. The number of hydrogen-bond donors (Lipinski definition) is 2. The van der Waals surface area contributed by atoms with Gasteiger partial charge in [-0.15, -0.1) is 0 Å². The average molecular weight is 289 g/mol. The number of nitrogens with two attached hydrogens (primary N) is 1. The predicted molar refractivity (Wildman–Crippen MR) is 74.8 cm³/mol. The molecule has 3 rings (SSSR count). The highest BCUT2D eigenvalue weighted by molar-refractivity contribution is 6.30. The van der Waals surface area contributed by atoms with E-state index in [4.69, 9.17) is 17.3 Å². The maximum absolute atomic E-state index is 12.1. The monoisotopic (exact) mass is 288 g/mol. The molecule has 6 nitrogen and oxygen atoms in total. The number of nitrogens with one attached hydrogen (secondary N) is 1. The van der Waals surface area contributed by atoms with Crippen LogP contribution in [-0.4, -0.2) is 20.5 Å². The normalized spacial score (nSPS) is 10.8. The lowest BCUT2D eigenvalue weighted by molar-refractivity contribution is 0.100. The second kappa shape index (κ2) is 4.50. The maximum atomic E-state index is 12.1. The topological polar surface area (TPSA) is 93.3 Å². The summed E-state index contributed by atoms with van der Waals surface area (Å²) in [6, 6.07) is 8.35. The Morgan fingerprint density at radius 1 is 1.35 bits per heavy atom. The molecule has 0 aliphatic rings. The molecule has 0 aliphatic heterocycles. The van der Waals surface area contributed by atoms with Crippen LogP contribution >= 0.6 is 11.6 Å². The SMILES string of the molecule is NC(=O)c1c(=O)cc(-c2cccc(Cl)c2)n2[nH]cnc12. The smallest absolute Gasteiger partial charge is 0.256 e. The molecule has 0 saturated carbocycles. The molecule has 1 amide bonds. The third kappa shape index (κ3) is 1.86. The van der Waals surface area contributed by atoms with Crippen LogP contribution in [0.1, 0.15) is 10.4 Å². The molecule has 0 fully saturated rings. The van der Waals surface area contributed by atoms with Gasteiger partial charge in [-0.3, -0.25) is 14.7 Å². The highest BCUT2D eigenvalue weighted by Crippen LogP contribution is 2.22. The fourth-order valence-electron chi connectivity index (χ4n) is 2.09. The van der Waals surface area contributed by atoms with E-state index in [9.17, 15) is 9.59 Å². The van der Waals surface area contributed by atoms with Gasteiger partial charge < -0.3 is 5.73 Å². The lowest BCUT2D eigenvalue weighted by Gasteiger charge is -2.07. The number of hydrogen-bond acceptors (Lipinski definition) is 3. The molecule has 2 heterocycles. The molecule has 1 aromatic carbocycles. The summed E-state index contributed by atoms with van der Waals surface area (Å²) in [5.74, 6) is -0.808. The standard InChI is InChI=1S/C13H9ClN4O2/c14-8-3-1-2-7(4-8)9-5-10(19)11(12(15)20)13-16-6-17-18(9)13/h1-6H,(H2,15,20)(H,16,17). The van der Waals surface area contributed by atoms with Gasteiger partial charge in [-0.25, -0.2) is 9.50 Å². The molecule has 100 valence electrons. The number of benzene rings is 1. The molecule has 0 atom stereocenters. The summed E-state index contributed by atoms with van der Waals surface area (Å²) >= 11 is 5.95. The fourth-order valence-corrected chi connectivity index (χ4v) is 2.28. The lowest BCUT2D eigenvalue weighted by Crippen LogP contribution is -2.23. The number of fused-ring (bicyclic) bond motifs is 1. The Morgan fingerprint density at radius 2 is 2.15 bits per heavy atom. The zero-order valence-electron chi connectivity index (χ0n) is 10.1. The van der Waals surface area contributed by atoms with Crippen LogP contribution in [0.15, 0.2) is 41.5 Å². The van der Waals surface area contributed by atoms with Crippen molar-refractivity contribution in [2.75, 3.05) is 0 Å². The first-order valence-corrected chi connectivity index (χ1v) is 6.10. The van der Waals surface area contributed by atoms with Crippen molar-refractivity contribution in [3.8, 4) is 11.3 Å². The summed E-state index contributed by atoms with van der Waals surface area (Å²) in [6.45, 7) is 0. The molecule has 0 aliphatic carbocycles. The second-order valence-corrected chi connectivity index (χ2v) is 4.63. The fraction of sp³-hybridized carbons (Fsp3) is 0. The number of pyridine rings is 1. The van der Waals surface area contributed by atoms with E-state index in [1.807, 2.05) is 0 Å². The van der Waals surface area contributed by atoms with Crippen molar-refractivity contribution in [2.45, 2.75) is 0 Å². The zero-order chi connectivity index (χ0) is 14.3. The molecule has 0 radical (unpaired) electrons. The van der Waals surface area contributed by atoms with Crippen molar-refractivity contribution in [3.05, 3.63) is 57.5 Å². The van der Waals surface area contributed by atoms with Gasteiger partial charge in [0.15, 0.2) is 11.1 Å². The van der Waals surface area contributed by atoms with Crippen molar-refractivity contribution in [3.63, 3.8) is 0 Å². The Hall–Kier alpha value is -2.60. The molecule has 20 heavy (non-hydrogen) atoms. The van der Waals surface area contributed by atoms with Gasteiger partial charge in [0.05, 0.1) is 5.69 Å². The van der Waals surface area contributed by atoms with Crippen LogP contribution in [0.4, 0.5) is 0 Å². The van der Waals surface area contributed by atoms with E-state index in [2.05, 4.69) is 10.1 Å². The van der Waals surface area contributed by atoms with Gasteiger partial charge in [0.25, 0.3) is 5.91 Å². The van der Waals surface area contributed by atoms with E-state index in [1.165, 1.54) is 16.9 Å². The number of carbonyl (C=O) groups is 1. The molecule has 7 heteroatoms. The Balaban J connectivity index is 2.39. The van der Waals surface area contributed by atoms with Gasteiger partial charge in [-0.05, 0) is 12.1 Å². The predicted octanol–water partition coefficient (Wildman–Crippen LogP) is 1.44. The maximum Gasteiger partial charge on any atom is 0.256 e. The van der Waals surface area contributed by atoms with Crippen molar-refractivity contribution in [2.24, 2.45) is 5.73 Å². The Bertz CT molecular complexity index is 881. The first kappa shape index (κ1) is 12.4. The Morgan fingerprint density at radius 3 is 2.85 bits per heavy atom. The van der Waals surface area contributed by atoms with E-state index < -0.39 is 11.3 Å². The molecule has 0 spiro atoms. The van der Waals surface area contributed by atoms with Gasteiger partial charge in [0.1, 0.15) is 11.9 Å². The minimum absolute atomic E-state index is 0.142. The summed E-state index contributed by atoms with van der Waals surface area (Å²) in [5, 5.41) is 3.39. The number of nitrogens with zero attached hydrogens (tertiary/aromatic N) is 2. The first-order chi connectivity index (χ1) is 9.58. The highest BCUT2D eigenvalue weighted by atomic mass is 35.5. The minimum Gasteiger partial charge on any atom is -0.365 e. The quantitative estimate of drug-likeness (QED) is 0.747. The number of amides is 1. The number of halogens is 1. The third-order valence-corrected chi connectivity index (χ3v) is 3.17. The number of aromatic nitrogens is 3. The van der Waals surface area contributed by atoms with E-state index in [-0.39, 0.29) is 11.2 Å². The van der Waals surface area contributed by atoms with E-state index in [0.29, 0.717) is 10.7 Å². The molecule has 0 bridgehead atoms. The van der Waals surface area contributed by atoms with Crippen molar-refractivity contribution < 1.29 is 4.79 Å². The van der Waals surface area contributed by atoms with Gasteiger partial charge in [0.2, 0.25) is 0 Å². The van der Waals surface area contributed by atoms with Crippen LogP contribution in [-0.2, 0) is 0 Å². The molecular weight excluding hydrogens is 280 g/mol. The molecular formula is C13H9ClN4O2. The average Bonchev–Trinajstić information content (AvgIpc) is 2.85. The van der Waals surface area contributed by atoms with Gasteiger partial charge in [-0.2, -0.15) is 0 Å². The van der Waals surface area contributed by atoms with Crippen LogP contribution < -0.4 is 11.2 Å². The van der Waals surface area contributed by atoms with Gasteiger partial charge in [0, 0.05) is 16.7 Å². The van der Waals surface area contributed by atoms with E-state index in [0.717, 1.165) is 5.56 Å². The van der Waals surface area contributed by atoms with Crippen LogP contribution in [0.3, 0.4) is 0 Å². The summed E-state index contributed by atoms with van der Waals surface area (Å²) in [7, 11) is 0. The van der Waals surface area contributed by atoms with Gasteiger partial charge >= 0.3 is 0 Å². The second-order valence-electron chi connectivity index (χ2n) is 4.19. The first-order valence-electron chi connectivity index (χ1n) is 5.73. The van der Waals surface area contributed by atoms with E-state index in [1.54, 1.807) is 24.3 Å². The minimum atomic E-state index is -0.808. The number of H-pyrrole nitrogens is 1.